The van der Waals surface area contributed by atoms with Crippen molar-refractivity contribution in [1.29, 1.82) is 0 Å². The van der Waals surface area contributed by atoms with Crippen molar-refractivity contribution in [2.45, 2.75) is 18.9 Å². The van der Waals surface area contributed by atoms with E-state index in [2.05, 4.69) is 31.7 Å². The first-order chi connectivity index (χ1) is 4.33. The fraction of sp³-hybridized carbons (Fsp3) is 0.800. The molecule has 52 valence electrons. The average molecular weight is 240 g/mol. The van der Waals surface area contributed by atoms with E-state index in [4.69, 9.17) is 0 Å². The minimum Gasteiger partial charge on any atom is -0.352 e. The van der Waals surface area contributed by atoms with Crippen LogP contribution in [0.15, 0.2) is 0 Å². The highest BCUT2D eigenvalue weighted by Crippen LogP contribution is 2.04. The maximum absolute atomic E-state index is 10.6. The van der Waals surface area contributed by atoms with Crippen LogP contribution in [0.3, 0.4) is 0 Å². The second-order valence-electron chi connectivity index (χ2n) is 2.14. The van der Waals surface area contributed by atoms with Gasteiger partial charge in [-0.2, -0.15) is 0 Å². The summed E-state index contributed by atoms with van der Waals surface area (Å²) in [6, 6.07) is 0.370. The third kappa shape index (κ3) is 2.09. The van der Waals surface area contributed by atoms with Gasteiger partial charge in [0.05, 0.1) is 0 Å². The molecule has 0 aromatic heterocycles. The van der Waals surface area contributed by atoms with Gasteiger partial charge in [0.25, 0.3) is 0 Å². The SMILES string of the molecule is O=C1CC[C@@H](CNI)N1. The molecule has 0 spiro atoms. The molecule has 0 saturated carbocycles. The van der Waals surface area contributed by atoms with E-state index in [9.17, 15) is 4.79 Å². The lowest BCUT2D eigenvalue weighted by Gasteiger charge is -2.05. The second-order valence-corrected chi connectivity index (χ2v) is 2.90. The Bertz CT molecular complexity index is 118. The molecule has 1 saturated heterocycles. The van der Waals surface area contributed by atoms with Crippen molar-refractivity contribution in [2.75, 3.05) is 6.54 Å². The fourth-order valence-electron chi connectivity index (χ4n) is 0.924. The zero-order chi connectivity index (χ0) is 6.69. The fourth-order valence-corrected chi connectivity index (χ4v) is 1.46. The molecule has 1 heterocycles. The molecule has 1 aliphatic heterocycles. The molecule has 0 radical (unpaired) electrons. The maximum Gasteiger partial charge on any atom is 0.220 e. The first-order valence-corrected chi connectivity index (χ1v) is 4.03. The molecular weight excluding hydrogens is 231 g/mol. The number of hydrogen-bond donors (Lipinski definition) is 2. The number of amides is 1. The van der Waals surface area contributed by atoms with Crippen LogP contribution in [0.5, 0.6) is 0 Å². The van der Waals surface area contributed by atoms with Crippen LogP contribution in [-0.4, -0.2) is 18.5 Å². The van der Waals surface area contributed by atoms with Gasteiger partial charge in [0.15, 0.2) is 0 Å². The summed E-state index contributed by atoms with van der Waals surface area (Å²) in [6.45, 7) is 0.881. The third-order valence-electron chi connectivity index (χ3n) is 1.41. The van der Waals surface area contributed by atoms with Gasteiger partial charge >= 0.3 is 0 Å². The van der Waals surface area contributed by atoms with Crippen LogP contribution in [0.4, 0.5) is 0 Å². The normalized spacial score (nSPS) is 26.3. The molecule has 3 nitrogen and oxygen atoms in total. The first kappa shape index (κ1) is 7.27. The lowest BCUT2D eigenvalue weighted by molar-refractivity contribution is -0.119. The van der Waals surface area contributed by atoms with Gasteiger partial charge < -0.3 is 5.32 Å². The molecule has 1 rings (SSSR count). The number of hydrogen-bond acceptors (Lipinski definition) is 2. The van der Waals surface area contributed by atoms with E-state index in [-0.39, 0.29) is 5.91 Å². The molecule has 0 aromatic rings. The molecule has 1 fully saturated rings. The van der Waals surface area contributed by atoms with Crippen LogP contribution in [0.25, 0.3) is 0 Å². The highest BCUT2D eigenvalue weighted by atomic mass is 127. The predicted octanol–water partition coefficient (Wildman–Crippen LogP) is 0.205. The highest BCUT2D eigenvalue weighted by molar-refractivity contribution is 14.1. The Morgan fingerprint density at radius 3 is 3.11 bits per heavy atom. The van der Waals surface area contributed by atoms with Crippen molar-refractivity contribution in [3.05, 3.63) is 0 Å². The first-order valence-electron chi connectivity index (χ1n) is 2.96. The number of nitrogens with one attached hydrogen (secondary N) is 2. The highest BCUT2D eigenvalue weighted by Gasteiger charge is 2.19. The van der Waals surface area contributed by atoms with E-state index < -0.39 is 0 Å². The molecule has 1 atom stereocenters. The van der Waals surface area contributed by atoms with Gasteiger partial charge in [0.2, 0.25) is 5.91 Å². The van der Waals surface area contributed by atoms with Crippen molar-refractivity contribution in [3.8, 4) is 0 Å². The lowest BCUT2D eigenvalue weighted by atomic mass is 10.2. The average Bonchev–Trinajstić information content (AvgIpc) is 2.17. The smallest absolute Gasteiger partial charge is 0.220 e. The van der Waals surface area contributed by atoms with Crippen molar-refractivity contribution >= 4 is 28.8 Å². The van der Waals surface area contributed by atoms with Crippen molar-refractivity contribution < 1.29 is 4.79 Å². The molecule has 0 aromatic carbocycles. The summed E-state index contributed by atoms with van der Waals surface area (Å²) in [5, 5.41) is 2.85. The molecule has 2 N–H and O–H groups in total. The van der Waals surface area contributed by atoms with E-state index in [1.54, 1.807) is 0 Å². The Kier molecular flexibility index (Phi) is 2.71. The molecule has 9 heavy (non-hydrogen) atoms. The number of halogens is 1. The Morgan fingerprint density at radius 1 is 1.89 bits per heavy atom. The van der Waals surface area contributed by atoms with Crippen LogP contribution in [0.1, 0.15) is 12.8 Å². The van der Waals surface area contributed by atoms with Gasteiger partial charge in [-0.1, -0.05) is 0 Å². The van der Waals surface area contributed by atoms with Gasteiger partial charge in [0, 0.05) is 41.9 Å². The Balaban J connectivity index is 2.22. The Labute approximate surface area is 68.1 Å². The lowest BCUT2D eigenvalue weighted by Crippen LogP contribution is -2.32. The zero-order valence-corrected chi connectivity index (χ0v) is 7.14. The maximum atomic E-state index is 10.6. The zero-order valence-electron chi connectivity index (χ0n) is 4.98. The third-order valence-corrected chi connectivity index (χ3v) is 1.85. The van der Waals surface area contributed by atoms with E-state index in [1.165, 1.54) is 0 Å². The summed E-state index contributed by atoms with van der Waals surface area (Å²) in [7, 11) is 0. The van der Waals surface area contributed by atoms with E-state index >= 15 is 0 Å². The van der Waals surface area contributed by atoms with Crippen molar-refractivity contribution in [3.63, 3.8) is 0 Å². The van der Waals surface area contributed by atoms with Gasteiger partial charge in [0.1, 0.15) is 0 Å². The van der Waals surface area contributed by atoms with Crippen LogP contribution < -0.4 is 8.85 Å². The Hall–Kier alpha value is 0.160. The molecule has 0 aliphatic carbocycles. The quantitative estimate of drug-likeness (QED) is 0.535. The van der Waals surface area contributed by atoms with Crippen LogP contribution in [0.2, 0.25) is 0 Å². The summed E-state index contributed by atoms with van der Waals surface area (Å²) in [5.74, 6) is 0.187. The minimum absolute atomic E-state index is 0.187. The minimum atomic E-state index is 0.187. The van der Waals surface area contributed by atoms with Gasteiger partial charge in [-0.25, -0.2) is 0 Å². The Morgan fingerprint density at radius 2 is 2.67 bits per heavy atom. The second kappa shape index (κ2) is 3.36. The van der Waals surface area contributed by atoms with E-state index in [0.717, 1.165) is 13.0 Å². The predicted molar refractivity (Wildman–Crippen MR) is 43.2 cm³/mol. The summed E-state index contributed by atoms with van der Waals surface area (Å²) >= 11 is 2.08. The summed E-state index contributed by atoms with van der Waals surface area (Å²) in [5.41, 5.74) is 0. The van der Waals surface area contributed by atoms with Crippen molar-refractivity contribution in [1.82, 2.24) is 8.85 Å². The summed E-state index contributed by atoms with van der Waals surface area (Å²) in [4.78, 5) is 10.6. The van der Waals surface area contributed by atoms with E-state index in [0.29, 0.717) is 12.5 Å². The van der Waals surface area contributed by atoms with Gasteiger partial charge in [-0.3, -0.25) is 8.32 Å². The van der Waals surface area contributed by atoms with Crippen LogP contribution >= 0.6 is 22.9 Å². The molecule has 1 aliphatic rings. The topological polar surface area (TPSA) is 41.1 Å². The number of rotatable bonds is 2. The number of carbonyl (C=O) groups excluding carboxylic acids is 1. The molecule has 0 unspecified atom stereocenters. The standard InChI is InChI=1S/C5H9IN2O/c6-7-3-4-1-2-5(9)8-4/h4,7H,1-3H2,(H,8,9)/t4-/m0/s1. The monoisotopic (exact) mass is 240 g/mol. The largest absolute Gasteiger partial charge is 0.352 e. The molecular formula is C5H9IN2O. The summed E-state index contributed by atoms with van der Waals surface area (Å²) < 4.78 is 2.99. The van der Waals surface area contributed by atoms with Crippen LogP contribution in [-0.2, 0) is 4.79 Å². The summed E-state index contributed by atoms with van der Waals surface area (Å²) in [6.07, 6.45) is 1.68. The van der Waals surface area contributed by atoms with Crippen molar-refractivity contribution in [2.24, 2.45) is 0 Å². The number of carbonyl (C=O) groups is 1. The van der Waals surface area contributed by atoms with Gasteiger partial charge in [-0.15, -0.1) is 0 Å². The molecule has 1 amide bonds. The van der Waals surface area contributed by atoms with Gasteiger partial charge in [-0.05, 0) is 6.42 Å². The molecule has 4 heteroatoms. The van der Waals surface area contributed by atoms with Crippen LogP contribution in [0, 0.1) is 0 Å². The van der Waals surface area contributed by atoms with E-state index in [1.807, 2.05) is 0 Å². The molecule has 0 bridgehead atoms.